The van der Waals surface area contributed by atoms with E-state index in [1.165, 1.54) is 5.56 Å². The number of aryl methyl sites for hydroxylation is 1. The number of carbonyl (C=O) groups is 1. The van der Waals surface area contributed by atoms with Gasteiger partial charge in [-0.05, 0) is 24.1 Å². The van der Waals surface area contributed by atoms with Gasteiger partial charge in [0.25, 0.3) is 0 Å². The van der Waals surface area contributed by atoms with E-state index in [2.05, 4.69) is 6.92 Å². The van der Waals surface area contributed by atoms with Gasteiger partial charge in [-0.2, -0.15) is 0 Å². The van der Waals surface area contributed by atoms with Crippen molar-refractivity contribution in [3.63, 3.8) is 0 Å². The lowest BCUT2D eigenvalue weighted by molar-refractivity contribution is -0.137. The molecule has 0 fully saturated rings. The van der Waals surface area contributed by atoms with Crippen LogP contribution in [0.4, 0.5) is 0 Å². The lowest BCUT2D eigenvalue weighted by atomic mass is 10.2. The van der Waals surface area contributed by atoms with Crippen molar-refractivity contribution in [3.05, 3.63) is 29.8 Å². The molecule has 0 saturated heterocycles. The molecule has 1 N–H and O–H groups in total. The van der Waals surface area contributed by atoms with E-state index in [4.69, 9.17) is 9.84 Å². The third-order valence-corrected chi connectivity index (χ3v) is 1.92. The van der Waals surface area contributed by atoms with Gasteiger partial charge in [0.15, 0.2) is 0 Å². The van der Waals surface area contributed by atoms with Crippen LogP contribution in [-0.2, 0) is 11.2 Å². The highest BCUT2D eigenvalue weighted by Gasteiger charge is 1.98. The van der Waals surface area contributed by atoms with Crippen molar-refractivity contribution in [2.45, 2.75) is 19.8 Å². The number of carboxylic acids is 1. The quantitative estimate of drug-likeness (QED) is 0.780. The maximum atomic E-state index is 10.2. The zero-order valence-corrected chi connectivity index (χ0v) is 8.19. The van der Waals surface area contributed by atoms with Crippen molar-refractivity contribution >= 4 is 5.97 Å². The number of aliphatic carboxylic acids is 1. The summed E-state index contributed by atoms with van der Waals surface area (Å²) in [4.78, 5) is 10.2. The second kappa shape index (κ2) is 5.27. The summed E-state index contributed by atoms with van der Waals surface area (Å²) in [6.45, 7) is 2.31. The number of ether oxygens (including phenoxy) is 1. The first kappa shape index (κ1) is 10.6. The van der Waals surface area contributed by atoms with Crippen molar-refractivity contribution in [2.75, 3.05) is 6.61 Å². The minimum atomic E-state index is -0.838. The molecule has 76 valence electrons. The summed E-state index contributed by atoms with van der Waals surface area (Å²) in [6.07, 6.45) is 1.03. The fourth-order valence-corrected chi connectivity index (χ4v) is 1.08. The highest BCUT2D eigenvalue weighted by Crippen LogP contribution is 2.12. The van der Waals surface area contributed by atoms with Crippen LogP contribution in [0.25, 0.3) is 0 Å². The van der Waals surface area contributed by atoms with Gasteiger partial charge < -0.3 is 9.84 Å². The molecule has 0 aliphatic carbocycles. The van der Waals surface area contributed by atoms with Crippen molar-refractivity contribution < 1.29 is 14.6 Å². The monoisotopic (exact) mass is 194 g/mol. The SMILES string of the molecule is CCc1ccc(OCCC(=O)O)cc1. The van der Waals surface area contributed by atoms with E-state index in [-0.39, 0.29) is 13.0 Å². The van der Waals surface area contributed by atoms with Gasteiger partial charge in [0.05, 0.1) is 13.0 Å². The molecule has 1 aromatic rings. The van der Waals surface area contributed by atoms with Gasteiger partial charge >= 0.3 is 5.97 Å². The molecule has 0 saturated carbocycles. The number of carboxylic acid groups (broad SMARTS) is 1. The number of hydrogen-bond donors (Lipinski definition) is 1. The number of benzene rings is 1. The van der Waals surface area contributed by atoms with Gasteiger partial charge in [0.2, 0.25) is 0 Å². The molecule has 0 atom stereocenters. The molecule has 3 heteroatoms. The van der Waals surface area contributed by atoms with Gasteiger partial charge in [-0.25, -0.2) is 0 Å². The summed E-state index contributed by atoms with van der Waals surface area (Å²) in [6, 6.07) is 7.69. The molecule has 0 bridgehead atoms. The van der Waals surface area contributed by atoms with Crippen molar-refractivity contribution in [1.29, 1.82) is 0 Å². The van der Waals surface area contributed by atoms with Gasteiger partial charge in [-0.15, -0.1) is 0 Å². The Balaban J connectivity index is 2.40. The number of hydrogen-bond acceptors (Lipinski definition) is 2. The normalized spacial score (nSPS) is 9.79. The van der Waals surface area contributed by atoms with Crippen molar-refractivity contribution in [3.8, 4) is 5.75 Å². The van der Waals surface area contributed by atoms with E-state index in [0.717, 1.165) is 12.2 Å². The summed E-state index contributed by atoms with van der Waals surface area (Å²) < 4.78 is 5.24. The second-order valence-corrected chi connectivity index (χ2v) is 2.99. The molecular formula is C11H14O3. The molecule has 0 aliphatic rings. The molecule has 3 nitrogen and oxygen atoms in total. The molecular weight excluding hydrogens is 180 g/mol. The Hall–Kier alpha value is -1.51. The molecule has 0 unspecified atom stereocenters. The summed E-state index contributed by atoms with van der Waals surface area (Å²) in [5, 5.41) is 8.39. The first-order valence-corrected chi connectivity index (χ1v) is 4.66. The molecule has 14 heavy (non-hydrogen) atoms. The molecule has 0 heterocycles. The molecule has 1 aromatic carbocycles. The average Bonchev–Trinajstić information content (AvgIpc) is 2.18. The van der Waals surface area contributed by atoms with Gasteiger partial charge in [0.1, 0.15) is 5.75 Å². The topological polar surface area (TPSA) is 46.5 Å². The van der Waals surface area contributed by atoms with Crippen LogP contribution >= 0.6 is 0 Å². The van der Waals surface area contributed by atoms with E-state index in [1.807, 2.05) is 24.3 Å². The van der Waals surface area contributed by atoms with E-state index >= 15 is 0 Å². The van der Waals surface area contributed by atoms with Crippen LogP contribution < -0.4 is 4.74 Å². The van der Waals surface area contributed by atoms with E-state index < -0.39 is 5.97 Å². The van der Waals surface area contributed by atoms with E-state index in [0.29, 0.717) is 0 Å². The molecule has 1 rings (SSSR count). The van der Waals surface area contributed by atoms with Gasteiger partial charge in [0, 0.05) is 0 Å². The van der Waals surface area contributed by atoms with Crippen LogP contribution in [0.1, 0.15) is 18.9 Å². The van der Waals surface area contributed by atoms with Gasteiger partial charge in [-0.1, -0.05) is 19.1 Å². The molecule has 0 spiro atoms. The second-order valence-electron chi connectivity index (χ2n) is 2.99. The zero-order chi connectivity index (χ0) is 10.4. The first-order valence-electron chi connectivity index (χ1n) is 4.66. The summed E-state index contributed by atoms with van der Waals surface area (Å²) >= 11 is 0. The zero-order valence-electron chi connectivity index (χ0n) is 8.19. The maximum absolute atomic E-state index is 10.2. The van der Waals surface area contributed by atoms with Crippen LogP contribution in [0, 0.1) is 0 Å². The minimum absolute atomic E-state index is 0.0372. The smallest absolute Gasteiger partial charge is 0.306 e. The van der Waals surface area contributed by atoms with Crippen LogP contribution in [0.2, 0.25) is 0 Å². The summed E-state index contributed by atoms with van der Waals surface area (Å²) in [5.74, 6) is -0.112. The number of rotatable bonds is 5. The van der Waals surface area contributed by atoms with Crippen LogP contribution in [-0.4, -0.2) is 17.7 Å². The summed E-state index contributed by atoms with van der Waals surface area (Å²) in [7, 11) is 0. The van der Waals surface area contributed by atoms with E-state index in [1.54, 1.807) is 0 Å². The first-order chi connectivity index (χ1) is 6.72. The Morgan fingerprint density at radius 3 is 2.50 bits per heavy atom. The highest BCUT2D eigenvalue weighted by molar-refractivity contribution is 5.66. The van der Waals surface area contributed by atoms with Crippen LogP contribution in [0.5, 0.6) is 5.75 Å². The van der Waals surface area contributed by atoms with Crippen LogP contribution in [0.3, 0.4) is 0 Å². The van der Waals surface area contributed by atoms with Crippen LogP contribution in [0.15, 0.2) is 24.3 Å². The van der Waals surface area contributed by atoms with Gasteiger partial charge in [-0.3, -0.25) is 4.79 Å². The Kier molecular flexibility index (Phi) is 3.98. The fraction of sp³-hybridized carbons (Fsp3) is 0.364. The third kappa shape index (κ3) is 3.47. The maximum Gasteiger partial charge on any atom is 0.306 e. The van der Waals surface area contributed by atoms with Crippen molar-refractivity contribution in [2.24, 2.45) is 0 Å². The Labute approximate surface area is 83.3 Å². The standard InChI is InChI=1S/C11H14O3/c1-2-9-3-5-10(6-4-9)14-8-7-11(12)13/h3-6H,2,7-8H2,1H3,(H,12,13). The highest BCUT2D eigenvalue weighted by atomic mass is 16.5. The molecule has 0 aromatic heterocycles. The Morgan fingerprint density at radius 1 is 1.36 bits per heavy atom. The molecule has 0 aliphatic heterocycles. The average molecular weight is 194 g/mol. The Morgan fingerprint density at radius 2 is 2.00 bits per heavy atom. The largest absolute Gasteiger partial charge is 0.493 e. The minimum Gasteiger partial charge on any atom is -0.493 e. The fourth-order valence-electron chi connectivity index (χ4n) is 1.08. The predicted molar refractivity (Wildman–Crippen MR) is 53.6 cm³/mol. The Bertz CT molecular complexity index is 290. The third-order valence-electron chi connectivity index (χ3n) is 1.92. The molecule has 0 amide bonds. The predicted octanol–water partition coefficient (Wildman–Crippen LogP) is 2.10. The lowest BCUT2D eigenvalue weighted by Gasteiger charge is -2.04. The lowest BCUT2D eigenvalue weighted by Crippen LogP contribution is -2.04. The van der Waals surface area contributed by atoms with Crippen molar-refractivity contribution in [1.82, 2.24) is 0 Å². The molecule has 0 radical (unpaired) electrons. The van der Waals surface area contributed by atoms with E-state index in [9.17, 15) is 4.79 Å². The summed E-state index contributed by atoms with van der Waals surface area (Å²) in [5.41, 5.74) is 1.25.